The van der Waals surface area contributed by atoms with E-state index < -0.39 is 18.8 Å². The van der Waals surface area contributed by atoms with Gasteiger partial charge in [-0.15, -0.1) is 0 Å². The molecule has 2 N–H and O–H groups in total. The maximum atomic E-state index is 12.1. The lowest BCUT2D eigenvalue weighted by Gasteiger charge is -2.22. The Balaban J connectivity index is 1.83. The zero-order chi connectivity index (χ0) is 16.0. The van der Waals surface area contributed by atoms with Gasteiger partial charge in [0.05, 0.1) is 13.2 Å². The fraction of sp³-hybridized carbons (Fsp3) is 0.500. The number of alkyl halides is 3. The molecule has 5 nitrogen and oxygen atoms in total. The van der Waals surface area contributed by atoms with E-state index in [4.69, 9.17) is 4.74 Å². The summed E-state index contributed by atoms with van der Waals surface area (Å²) in [5.41, 5.74) is 0.657. The lowest BCUT2D eigenvalue weighted by atomic mass is 10.2. The minimum absolute atomic E-state index is 0.114. The molecule has 8 heteroatoms. The van der Waals surface area contributed by atoms with Crippen LogP contribution in [-0.4, -0.2) is 44.5 Å². The van der Waals surface area contributed by atoms with Gasteiger partial charge in [0, 0.05) is 13.1 Å². The van der Waals surface area contributed by atoms with Crippen LogP contribution >= 0.6 is 0 Å². The summed E-state index contributed by atoms with van der Waals surface area (Å²) >= 11 is 0. The standard InChI is InChI=1S/C14H17F3N2O3/c15-14(16,17)9-22-11-3-1-2-10(6-11)7-19-13(20)12-8-21-5-4-18-12/h1-3,6,12,18H,4-5,7-9H2,(H,19,20). The van der Waals surface area contributed by atoms with Crippen LogP contribution in [0.15, 0.2) is 24.3 Å². The van der Waals surface area contributed by atoms with Gasteiger partial charge < -0.3 is 20.1 Å². The number of amides is 1. The van der Waals surface area contributed by atoms with Gasteiger partial charge in [0.2, 0.25) is 5.91 Å². The van der Waals surface area contributed by atoms with E-state index in [1.54, 1.807) is 12.1 Å². The number of rotatable bonds is 5. The van der Waals surface area contributed by atoms with Crippen molar-refractivity contribution in [3.63, 3.8) is 0 Å². The number of morpholine rings is 1. The summed E-state index contributed by atoms with van der Waals surface area (Å²) in [5.74, 6) is -0.0930. The van der Waals surface area contributed by atoms with E-state index in [-0.39, 0.29) is 18.2 Å². The Labute approximate surface area is 125 Å². The van der Waals surface area contributed by atoms with Gasteiger partial charge in [-0.05, 0) is 17.7 Å². The van der Waals surface area contributed by atoms with Crippen LogP contribution in [0.5, 0.6) is 5.75 Å². The third-order valence-electron chi connectivity index (χ3n) is 3.01. The summed E-state index contributed by atoms with van der Waals surface area (Å²) in [6.07, 6.45) is -4.38. The molecule has 1 aromatic rings. The quantitative estimate of drug-likeness (QED) is 0.857. The predicted molar refractivity (Wildman–Crippen MR) is 72.4 cm³/mol. The van der Waals surface area contributed by atoms with Crippen LogP contribution in [0.1, 0.15) is 5.56 Å². The third kappa shape index (κ3) is 5.53. The molecule has 0 radical (unpaired) electrons. The number of benzene rings is 1. The summed E-state index contributed by atoms with van der Waals surface area (Å²) in [5, 5.41) is 5.73. The zero-order valence-corrected chi connectivity index (χ0v) is 11.8. The lowest BCUT2D eigenvalue weighted by molar-refractivity contribution is -0.153. The van der Waals surface area contributed by atoms with Crippen molar-refractivity contribution in [1.29, 1.82) is 0 Å². The normalized spacial score (nSPS) is 18.8. The second-order valence-corrected chi connectivity index (χ2v) is 4.85. The summed E-state index contributed by atoms with van der Waals surface area (Å²) in [4.78, 5) is 11.9. The molecular weight excluding hydrogens is 301 g/mol. The van der Waals surface area contributed by atoms with Gasteiger partial charge in [0.25, 0.3) is 0 Å². The average Bonchev–Trinajstić information content (AvgIpc) is 2.51. The van der Waals surface area contributed by atoms with E-state index in [1.165, 1.54) is 12.1 Å². The third-order valence-corrected chi connectivity index (χ3v) is 3.01. The minimum Gasteiger partial charge on any atom is -0.484 e. The van der Waals surface area contributed by atoms with E-state index in [0.717, 1.165) is 0 Å². The van der Waals surface area contributed by atoms with Crippen LogP contribution in [0.25, 0.3) is 0 Å². The molecular formula is C14H17F3N2O3. The van der Waals surface area contributed by atoms with Crippen LogP contribution in [-0.2, 0) is 16.1 Å². The second-order valence-electron chi connectivity index (χ2n) is 4.85. The molecule has 0 saturated carbocycles. The zero-order valence-electron chi connectivity index (χ0n) is 11.8. The molecule has 0 bridgehead atoms. The number of carbonyl (C=O) groups excluding carboxylic acids is 1. The molecule has 2 rings (SSSR count). The van der Waals surface area contributed by atoms with Crippen molar-refractivity contribution in [3.05, 3.63) is 29.8 Å². The largest absolute Gasteiger partial charge is 0.484 e. The molecule has 1 atom stereocenters. The van der Waals surface area contributed by atoms with Gasteiger partial charge in [-0.1, -0.05) is 12.1 Å². The number of nitrogens with one attached hydrogen (secondary N) is 2. The van der Waals surface area contributed by atoms with Gasteiger partial charge in [-0.2, -0.15) is 13.2 Å². The molecule has 1 saturated heterocycles. The highest BCUT2D eigenvalue weighted by atomic mass is 19.4. The number of hydrogen-bond acceptors (Lipinski definition) is 4. The first kappa shape index (κ1) is 16.6. The Morgan fingerprint density at radius 2 is 2.27 bits per heavy atom. The van der Waals surface area contributed by atoms with Crippen molar-refractivity contribution in [3.8, 4) is 5.75 Å². The Kier molecular flexibility index (Phi) is 5.62. The summed E-state index contributed by atoms with van der Waals surface area (Å²) in [6, 6.07) is 5.78. The monoisotopic (exact) mass is 318 g/mol. The first-order valence-corrected chi connectivity index (χ1v) is 6.81. The average molecular weight is 318 g/mol. The maximum Gasteiger partial charge on any atom is 0.422 e. The van der Waals surface area contributed by atoms with Crippen LogP contribution in [0.3, 0.4) is 0 Å². The molecule has 1 amide bonds. The highest BCUT2D eigenvalue weighted by Gasteiger charge is 2.28. The highest BCUT2D eigenvalue weighted by molar-refractivity contribution is 5.81. The molecule has 1 aromatic carbocycles. The molecule has 1 aliphatic heterocycles. The van der Waals surface area contributed by atoms with Crippen molar-refractivity contribution in [2.45, 2.75) is 18.8 Å². The van der Waals surface area contributed by atoms with Crippen molar-refractivity contribution in [2.24, 2.45) is 0 Å². The first-order chi connectivity index (χ1) is 10.4. The van der Waals surface area contributed by atoms with Crippen molar-refractivity contribution < 1.29 is 27.4 Å². The van der Waals surface area contributed by atoms with Crippen LogP contribution in [0.2, 0.25) is 0 Å². The second kappa shape index (κ2) is 7.46. The van der Waals surface area contributed by atoms with Gasteiger partial charge in [-0.3, -0.25) is 4.79 Å². The number of hydrogen-bond donors (Lipinski definition) is 2. The van der Waals surface area contributed by atoms with Gasteiger partial charge >= 0.3 is 6.18 Å². The predicted octanol–water partition coefficient (Wildman–Crippen LogP) is 1.23. The fourth-order valence-electron chi connectivity index (χ4n) is 1.96. The van der Waals surface area contributed by atoms with E-state index in [1.807, 2.05) is 0 Å². The molecule has 0 spiro atoms. The molecule has 0 aliphatic carbocycles. The first-order valence-electron chi connectivity index (χ1n) is 6.81. The number of carbonyl (C=O) groups is 1. The Bertz CT molecular complexity index is 502. The smallest absolute Gasteiger partial charge is 0.422 e. The number of ether oxygens (including phenoxy) is 2. The van der Waals surface area contributed by atoms with Crippen molar-refractivity contribution >= 4 is 5.91 Å². The van der Waals surface area contributed by atoms with Gasteiger partial charge in [-0.25, -0.2) is 0 Å². The Morgan fingerprint density at radius 1 is 1.45 bits per heavy atom. The van der Waals surface area contributed by atoms with E-state index in [0.29, 0.717) is 25.3 Å². The maximum absolute atomic E-state index is 12.1. The Morgan fingerprint density at radius 3 is 2.95 bits per heavy atom. The SMILES string of the molecule is O=C(NCc1cccc(OCC(F)(F)F)c1)C1COCCN1. The van der Waals surface area contributed by atoms with Crippen LogP contribution in [0.4, 0.5) is 13.2 Å². The minimum atomic E-state index is -4.38. The van der Waals surface area contributed by atoms with Crippen molar-refractivity contribution in [2.75, 3.05) is 26.4 Å². The molecule has 122 valence electrons. The fourth-order valence-corrected chi connectivity index (χ4v) is 1.96. The molecule has 1 fully saturated rings. The molecule has 22 heavy (non-hydrogen) atoms. The number of halogens is 3. The summed E-state index contributed by atoms with van der Waals surface area (Å²) in [6.45, 7) is 0.355. The van der Waals surface area contributed by atoms with E-state index in [9.17, 15) is 18.0 Å². The van der Waals surface area contributed by atoms with Crippen LogP contribution in [0, 0.1) is 0 Å². The molecule has 1 aliphatic rings. The molecule has 1 unspecified atom stereocenters. The summed E-state index contributed by atoms with van der Waals surface area (Å²) in [7, 11) is 0. The Hall–Kier alpha value is -1.80. The van der Waals surface area contributed by atoms with Crippen LogP contribution < -0.4 is 15.4 Å². The molecule has 1 heterocycles. The van der Waals surface area contributed by atoms with E-state index >= 15 is 0 Å². The topological polar surface area (TPSA) is 59.6 Å². The summed E-state index contributed by atoms with van der Waals surface area (Å²) < 4.78 is 46.2. The highest BCUT2D eigenvalue weighted by Crippen LogP contribution is 2.19. The van der Waals surface area contributed by atoms with Gasteiger partial charge in [0.15, 0.2) is 6.61 Å². The van der Waals surface area contributed by atoms with Gasteiger partial charge in [0.1, 0.15) is 11.8 Å². The lowest BCUT2D eigenvalue weighted by Crippen LogP contribution is -2.51. The molecule has 0 aromatic heterocycles. The van der Waals surface area contributed by atoms with E-state index in [2.05, 4.69) is 15.4 Å². The van der Waals surface area contributed by atoms with Crippen molar-refractivity contribution in [1.82, 2.24) is 10.6 Å².